The van der Waals surface area contributed by atoms with Gasteiger partial charge in [-0.25, -0.2) is 0 Å². The molecular weight excluding hydrogens is 228 g/mol. The molecule has 18 heavy (non-hydrogen) atoms. The number of benzene rings is 1. The van der Waals surface area contributed by atoms with Gasteiger partial charge in [0, 0.05) is 5.56 Å². The van der Waals surface area contributed by atoms with Gasteiger partial charge in [-0.1, -0.05) is 25.0 Å². The van der Waals surface area contributed by atoms with Crippen molar-refractivity contribution in [3.63, 3.8) is 0 Å². The smallest absolute Gasteiger partial charge is 0.125 e. The van der Waals surface area contributed by atoms with Gasteiger partial charge >= 0.3 is 0 Å². The van der Waals surface area contributed by atoms with Gasteiger partial charge in [0.15, 0.2) is 0 Å². The van der Waals surface area contributed by atoms with Crippen LogP contribution in [0.4, 0.5) is 0 Å². The zero-order valence-corrected chi connectivity index (χ0v) is 11.1. The van der Waals surface area contributed by atoms with Crippen LogP contribution in [-0.2, 0) is 0 Å². The first kappa shape index (κ1) is 13.4. The molecule has 2 rings (SSSR count). The van der Waals surface area contributed by atoms with Crippen molar-refractivity contribution in [2.75, 3.05) is 6.61 Å². The van der Waals surface area contributed by atoms with Crippen molar-refractivity contribution in [3.8, 4) is 5.75 Å². The van der Waals surface area contributed by atoms with E-state index in [1.165, 1.54) is 0 Å². The first-order valence-corrected chi connectivity index (χ1v) is 6.64. The quantitative estimate of drug-likeness (QED) is 0.864. The van der Waals surface area contributed by atoms with Gasteiger partial charge in [-0.15, -0.1) is 0 Å². The lowest BCUT2D eigenvalue weighted by molar-refractivity contribution is 0.000454. The van der Waals surface area contributed by atoms with E-state index in [0.717, 1.165) is 36.8 Å². The molecule has 100 valence electrons. The molecule has 0 aliphatic heterocycles. The van der Waals surface area contributed by atoms with Crippen molar-refractivity contribution >= 4 is 0 Å². The lowest BCUT2D eigenvalue weighted by Crippen LogP contribution is -2.32. The maximum Gasteiger partial charge on any atom is 0.125 e. The Labute approximate surface area is 108 Å². The molecule has 0 spiro atoms. The van der Waals surface area contributed by atoms with Gasteiger partial charge in [-0.05, 0) is 38.3 Å². The third kappa shape index (κ3) is 3.03. The normalized spacial score (nSPS) is 19.8. The summed E-state index contributed by atoms with van der Waals surface area (Å²) in [5.74, 6) is 0.685. The number of rotatable bonds is 4. The molecule has 1 saturated carbocycles. The molecule has 1 atom stereocenters. The molecule has 1 aliphatic carbocycles. The number of aliphatic hydroxyl groups is 2. The number of hydrogen-bond acceptors (Lipinski definition) is 3. The van der Waals surface area contributed by atoms with Crippen LogP contribution in [-0.4, -0.2) is 22.4 Å². The molecule has 3 nitrogen and oxygen atoms in total. The van der Waals surface area contributed by atoms with Crippen LogP contribution in [0.5, 0.6) is 5.75 Å². The van der Waals surface area contributed by atoms with Crippen molar-refractivity contribution in [3.05, 3.63) is 29.3 Å². The van der Waals surface area contributed by atoms with Crippen LogP contribution in [0.25, 0.3) is 0 Å². The van der Waals surface area contributed by atoms with Gasteiger partial charge in [0.25, 0.3) is 0 Å². The lowest BCUT2D eigenvalue weighted by atomic mass is 10.0. The van der Waals surface area contributed by atoms with Crippen molar-refractivity contribution < 1.29 is 14.9 Å². The lowest BCUT2D eigenvalue weighted by Gasteiger charge is -2.23. The van der Waals surface area contributed by atoms with Crippen LogP contribution in [0.15, 0.2) is 18.2 Å². The number of aliphatic hydroxyl groups excluding tert-OH is 1. The maximum absolute atomic E-state index is 10.3. The Morgan fingerprint density at radius 2 is 2.00 bits per heavy atom. The third-order valence-electron chi connectivity index (χ3n) is 3.65. The molecule has 0 heterocycles. The van der Waals surface area contributed by atoms with E-state index in [4.69, 9.17) is 4.74 Å². The second-order valence-electron chi connectivity index (χ2n) is 5.44. The minimum Gasteiger partial charge on any atom is -0.490 e. The number of hydrogen-bond donors (Lipinski definition) is 2. The van der Waals surface area contributed by atoms with Crippen molar-refractivity contribution in [1.82, 2.24) is 0 Å². The molecule has 0 bridgehead atoms. The molecule has 1 fully saturated rings. The Balaban J connectivity index is 2.10. The van der Waals surface area contributed by atoms with E-state index in [1.807, 2.05) is 25.1 Å². The summed E-state index contributed by atoms with van der Waals surface area (Å²) >= 11 is 0. The van der Waals surface area contributed by atoms with Gasteiger partial charge in [0.2, 0.25) is 0 Å². The highest BCUT2D eigenvalue weighted by Crippen LogP contribution is 2.32. The summed E-state index contributed by atoms with van der Waals surface area (Å²) in [6.45, 7) is 4.03. The predicted molar refractivity (Wildman–Crippen MR) is 70.7 cm³/mol. The predicted octanol–water partition coefficient (Wildman–Crippen LogP) is 2.73. The van der Waals surface area contributed by atoms with E-state index in [2.05, 4.69) is 0 Å². The van der Waals surface area contributed by atoms with Gasteiger partial charge in [-0.3, -0.25) is 0 Å². The zero-order valence-electron chi connectivity index (χ0n) is 11.1. The molecule has 0 radical (unpaired) electrons. The fraction of sp³-hybridized carbons (Fsp3) is 0.600. The molecule has 0 amide bonds. The standard InChI is InChI=1S/C15H22O3/c1-11-5-6-13(12(2)16)14(9-11)18-10-15(17)7-3-4-8-15/h5-6,9,12,16-17H,3-4,7-8,10H2,1-2H3/t12-/m1/s1. The van der Waals surface area contributed by atoms with Gasteiger partial charge in [-0.2, -0.15) is 0 Å². The van der Waals surface area contributed by atoms with E-state index in [1.54, 1.807) is 6.92 Å². The Hall–Kier alpha value is -1.06. The summed E-state index contributed by atoms with van der Waals surface area (Å²) < 4.78 is 5.76. The molecule has 1 aromatic carbocycles. The molecule has 1 aliphatic rings. The average molecular weight is 250 g/mol. The van der Waals surface area contributed by atoms with E-state index < -0.39 is 11.7 Å². The van der Waals surface area contributed by atoms with Crippen LogP contribution < -0.4 is 4.74 Å². The van der Waals surface area contributed by atoms with Crippen molar-refractivity contribution in [1.29, 1.82) is 0 Å². The van der Waals surface area contributed by atoms with Crippen molar-refractivity contribution in [2.45, 2.75) is 51.2 Å². The fourth-order valence-electron chi connectivity index (χ4n) is 2.50. The molecule has 0 unspecified atom stereocenters. The minimum absolute atomic E-state index is 0.316. The largest absolute Gasteiger partial charge is 0.490 e. The highest BCUT2D eigenvalue weighted by molar-refractivity contribution is 5.38. The van der Waals surface area contributed by atoms with E-state index in [-0.39, 0.29) is 0 Å². The number of ether oxygens (including phenoxy) is 1. The Bertz CT molecular complexity index is 406. The van der Waals surface area contributed by atoms with Crippen LogP contribution >= 0.6 is 0 Å². The first-order valence-electron chi connectivity index (χ1n) is 6.64. The third-order valence-corrected chi connectivity index (χ3v) is 3.65. The Morgan fingerprint density at radius 3 is 2.61 bits per heavy atom. The highest BCUT2D eigenvalue weighted by Gasteiger charge is 2.32. The Kier molecular flexibility index (Phi) is 3.93. The van der Waals surface area contributed by atoms with Crippen LogP contribution in [0, 0.1) is 6.92 Å². The molecule has 1 aromatic rings. The van der Waals surface area contributed by atoms with Gasteiger partial charge in [0.1, 0.15) is 12.4 Å². The molecule has 0 saturated heterocycles. The van der Waals surface area contributed by atoms with E-state index in [0.29, 0.717) is 12.4 Å². The van der Waals surface area contributed by atoms with Gasteiger partial charge < -0.3 is 14.9 Å². The SMILES string of the molecule is Cc1ccc([C@@H](C)O)c(OCC2(O)CCCC2)c1. The Morgan fingerprint density at radius 1 is 1.33 bits per heavy atom. The zero-order chi connectivity index (χ0) is 13.2. The summed E-state index contributed by atoms with van der Waals surface area (Å²) in [7, 11) is 0. The van der Waals surface area contributed by atoms with E-state index >= 15 is 0 Å². The summed E-state index contributed by atoms with van der Waals surface area (Å²) in [4.78, 5) is 0. The second-order valence-corrected chi connectivity index (χ2v) is 5.44. The molecule has 0 aromatic heterocycles. The monoisotopic (exact) mass is 250 g/mol. The topological polar surface area (TPSA) is 49.7 Å². The average Bonchev–Trinajstić information content (AvgIpc) is 2.74. The minimum atomic E-state index is -0.681. The summed E-state index contributed by atoms with van der Waals surface area (Å²) in [6.07, 6.45) is 3.19. The van der Waals surface area contributed by atoms with Gasteiger partial charge in [0.05, 0.1) is 11.7 Å². The van der Waals surface area contributed by atoms with Crippen LogP contribution in [0.1, 0.15) is 49.8 Å². The fourth-order valence-corrected chi connectivity index (χ4v) is 2.50. The number of aryl methyl sites for hydroxylation is 1. The highest BCUT2D eigenvalue weighted by atomic mass is 16.5. The summed E-state index contributed by atoms with van der Waals surface area (Å²) in [5.41, 5.74) is 1.19. The van der Waals surface area contributed by atoms with Crippen LogP contribution in [0.2, 0.25) is 0 Å². The van der Waals surface area contributed by atoms with Crippen molar-refractivity contribution in [2.24, 2.45) is 0 Å². The van der Waals surface area contributed by atoms with E-state index in [9.17, 15) is 10.2 Å². The summed E-state index contributed by atoms with van der Waals surface area (Å²) in [6, 6.07) is 5.76. The first-order chi connectivity index (χ1) is 8.50. The van der Waals surface area contributed by atoms with Crippen LogP contribution in [0.3, 0.4) is 0 Å². The summed E-state index contributed by atoms with van der Waals surface area (Å²) in [5, 5.41) is 20.0. The molecule has 3 heteroatoms. The molecule has 2 N–H and O–H groups in total. The molecular formula is C15H22O3. The maximum atomic E-state index is 10.3. The second kappa shape index (κ2) is 5.29.